The van der Waals surface area contributed by atoms with E-state index in [0.717, 1.165) is 19.3 Å². The van der Waals surface area contributed by atoms with E-state index < -0.39 is 5.24 Å². The van der Waals surface area contributed by atoms with E-state index >= 15 is 0 Å². The average Bonchev–Trinajstić information content (AvgIpc) is 1.96. The van der Waals surface area contributed by atoms with Crippen molar-refractivity contribution in [1.82, 2.24) is 0 Å². The van der Waals surface area contributed by atoms with Crippen molar-refractivity contribution in [2.75, 3.05) is 0 Å². The van der Waals surface area contributed by atoms with Crippen molar-refractivity contribution >= 4 is 16.8 Å². The van der Waals surface area contributed by atoms with Crippen LogP contribution in [0.25, 0.3) is 0 Å². The van der Waals surface area contributed by atoms with Crippen molar-refractivity contribution in [2.24, 2.45) is 0 Å². The molecule has 62 valence electrons. The Morgan fingerprint density at radius 2 is 1.91 bits per heavy atom. The lowest BCUT2D eigenvalue weighted by atomic mass is 10.2. The number of carbonyl (C=O) groups is 1. The molecule has 0 aromatic carbocycles. The van der Waals surface area contributed by atoms with Gasteiger partial charge in [0.15, 0.2) is 0 Å². The number of hydrogen-bond donors (Lipinski definition) is 0. The lowest BCUT2D eigenvalue weighted by Crippen LogP contribution is -1.74. The number of unbranched alkanes of at least 4 members (excludes halogenated alkanes) is 1. The topological polar surface area (TPSA) is 17.1 Å². The van der Waals surface area contributed by atoms with Crippen LogP contribution in [0.2, 0.25) is 0 Å². The standard InChI is InChI=1S/C9H13ClO/c1-2-3-4-5-6-7-8-9(10)11/h3-4,7-8H,2,5-6H2,1H3/b4-3-,8-7+. The highest BCUT2D eigenvalue weighted by atomic mass is 35.5. The molecule has 0 unspecified atom stereocenters. The molecular weight excluding hydrogens is 160 g/mol. The normalized spacial score (nSPS) is 11.5. The van der Waals surface area contributed by atoms with Crippen molar-refractivity contribution in [3.63, 3.8) is 0 Å². The van der Waals surface area contributed by atoms with Crippen LogP contribution in [-0.4, -0.2) is 5.24 Å². The van der Waals surface area contributed by atoms with Gasteiger partial charge in [-0.05, 0) is 36.9 Å². The van der Waals surface area contributed by atoms with Gasteiger partial charge in [-0.2, -0.15) is 0 Å². The predicted molar refractivity (Wildman–Crippen MR) is 48.7 cm³/mol. The largest absolute Gasteiger partial charge is 0.276 e. The molecule has 0 heterocycles. The van der Waals surface area contributed by atoms with E-state index in [-0.39, 0.29) is 0 Å². The van der Waals surface area contributed by atoms with Crippen LogP contribution in [0.1, 0.15) is 26.2 Å². The first-order valence-electron chi connectivity index (χ1n) is 3.78. The second kappa shape index (κ2) is 7.55. The van der Waals surface area contributed by atoms with Gasteiger partial charge in [-0.1, -0.05) is 25.2 Å². The fraction of sp³-hybridized carbons (Fsp3) is 0.444. The Kier molecular flexibility index (Phi) is 7.16. The van der Waals surface area contributed by atoms with Crippen molar-refractivity contribution in [1.29, 1.82) is 0 Å². The van der Waals surface area contributed by atoms with Gasteiger partial charge in [0, 0.05) is 0 Å². The predicted octanol–water partition coefficient (Wildman–Crippen LogP) is 3.05. The molecular formula is C9H13ClO. The molecule has 2 heteroatoms. The maximum absolute atomic E-state index is 10.2. The van der Waals surface area contributed by atoms with Gasteiger partial charge in [-0.25, -0.2) is 0 Å². The number of carbonyl (C=O) groups excluding carboxylic acids is 1. The van der Waals surface area contributed by atoms with Crippen LogP contribution in [0.5, 0.6) is 0 Å². The van der Waals surface area contributed by atoms with E-state index in [9.17, 15) is 4.79 Å². The Hall–Kier alpha value is -0.560. The second-order valence-electron chi connectivity index (χ2n) is 2.16. The molecule has 0 aliphatic heterocycles. The summed E-state index contributed by atoms with van der Waals surface area (Å²) in [7, 11) is 0. The van der Waals surface area contributed by atoms with Gasteiger partial charge in [0.25, 0.3) is 0 Å². The zero-order valence-corrected chi connectivity index (χ0v) is 7.47. The maximum atomic E-state index is 10.2. The van der Waals surface area contributed by atoms with Gasteiger partial charge in [0.2, 0.25) is 5.24 Å². The molecule has 0 saturated carbocycles. The molecule has 11 heavy (non-hydrogen) atoms. The van der Waals surface area contributed by atoms with Crippen LogP contribution in [-0.2, 0) is 4.79 Å². The highest BCUT2D eigenvalue weighted by Crippen LogP contribution is 1.94. The minimum absolute atomic E-state index is 0.399. The quantitative estimate of drug-likeness (QED) is 0.270. The van der Waals surface area contributed by atoms with Crippen LogP contribution >= 0.6 is 11.6 Å². The van der Waals surface area contributed by atoms with E-state index in [1.165, 1.54) is 6.08 Å². The summed E-state index contributed by atoms with van der Waals surface area (Å²) in [5, 5.41) is -0.399. The summed E-state index contributed by atoms with van der Waals surface area (Å²) in [6.07, 6.45) is 10.3. The van der Waals surface area contributed by atoms with E-state index in [4.69, 9.17) is 11.6 Å². The molecule has 1 nitrogen and oxygen atoms in total. The van der Waals surface area contributed by atoms with E-state index in [1.807, 2.05) is 0 Å². The number of halogens is 1. The van der Waals surface area contributed by atoms with E-state index in [1.54, 1.807) is 6.08 Å². The number of hydrogen-bond acceptors (Lipinski definition) is 1. The van der Waals surface area contributed by atoms with Crippen LogP contribution in [0.4, 0.5) is 0 Å². The van der Waals surface area contributed by atoms with Crippen molar-refractivity contribution in [3.05, 3.63) is 24.3 Å². The first-order valence-corrected chi connectivity index (χ1v) is 4.16. The first kappa shape index (κ1) is 10.4. The summed E-state index contributed by atoms with van der Waals surface area (Å²) in [6.45, 7) is 2.09. The summed E-state index contributed by atoms with van der Waals surface area (Å²) in [5.41, 5.74) is 0. The molecule has 0 radical (unpaired) electrons. The molecule has 0 fully saturated rings. The van der Waals surface area contributed by atoms with Crippen molar-refractivity contribution in [3.8, 4) is 0 Å². The SMILES string of the molecule is CC/C=C\CC/C=C/C(=O)Cl. The minimum atomic E-state index is -0.399. The van der Waals surface area contributed by atoms with Crippen LogP contribution in [0.3, 0.4) is 0 Å². The average molecular weight is 173 g/mol. The zero-order valence-electron chi connectivity index (χ0n) is 6.72. The Morgan fingerprint density at radius 1 is 1.27 bits per heavy atom. The van der Waals surface area contributed by atoms with E-state index in [0.29, 0.717) is 0 Å². The fourth-order valence-electron chi connectivity index (χ4n) is 0.653. The third-order valence-corrected chi connectivity index (χ3v) is 1.28. The van der Waals surface area contributed by atoms with Gasteiger partial charge in [0.05, 0.1) is 0 Å². The van der Waals surface area contributed by atoms with Crippen LogP contribution in [0, 0.1) is 0 Å². The Balaban J connectivity index is 3.27. The molecule has 0 aliphatic rings. The monoisotopic (exact) mass is 172 g/mol. The molecule has 0 aliphatic carbocycles. The maximum Gasteiger partial charge on any atom is 0.244 e. The summed E-state index contributed by atoms with van der Waals surface area (Å²) in [6, 6.07) is 0. The summed E-state index contributed by atoms with van der Waals surface area (Å²) in [4.78, 5) is 10.2. The highest BCUT2D eigenvalue weighted by Gasteiger charge is 1.82. The minimum Gasteiger partial charge on any atom is -0.276 e. The lowest BCUT2D eigenvalue weighted by Gasteiger charge is -1.84. The molecule has 0 rings (SSSR count). The van der Waals surface area contributed by atoms with Gasteiger partial charge in [0.1, 0.15) is 0 Å². The Bertz CT molecular complexity index is 159. The molecule has 0 amide bonds. The van der Waals surface area contributed by atoms with Gasteiger partial charge in [-0.15, -0.1) is 0 Å². The Labute approximate surface area is 72.7 Å². The Morgan fingerprint density at radius 3 is 2.45 bits per heavy atom. The number of rotatable bonds is 5. The molecule has 0 N–H and O–H groups in total. The molecule has 0 atom stereocenters. The van der Waals surface area contributed by atoms with Gasteiger partial charge >= 0.3 is 0 Å². The third-order valence-electron chi connectivity index (χ3n) is 1.15. The second-order valence-corrected chi connectivity index (χ2v) is 2.54. The van der Waals surface area contributed by atoms with Crippen LogP contribution < -0.4 is 0 Å². The van der Waals surface area contributed by atoms with Gasteiger partial charge < -0.3 is 0 Å². The highest BCUT2D eigenvalue weighted by molar-refractivity contribution is 6.66. The smallest absolute Gasteiger partial charge is 0.244 e. The van der Waals surface area contributed by atoms with Crippen molar-refractivity contribution < 1.29 is 4.79 Å². The summed E-state index contributed by atoms with van der Waals surface area (Å²) in [5.74, 6) is 0. The lowest BCUT2D eigenvalue weighted by molar-refractivity contribution is -0.107. The van der Waals surface area contributed by atoms with E-state index in [2.05, 4.69) is 19.1 Å². The molecule has 0 saturated heterocycles. The summed E-state index contributed by atoms with van der Waals surface area (Å²) >= 11 is 5.07. The third kappa shape index (κ3) is 9.44. The van der Waals surface area contributed by atoms with Crippen molar-refractivity contribution in [2.45, 2.75) is 26.2 Å². The molecule has 0 aromatic heterocycles. The first-order chi connectivity index (χ1) is 5.27. The van der Waals surface area contributed by atoms with Crippen LogP contribution in [0.15, 0.2) is 24.3 Å². The van der Waals surface area contributed by atoms with Gasteiger partial charge in [-0.3, -0.25) is 4.79 Å². The fourth-order valence-corrected chi connectivity index (χ4v) is 0.742. The zero-order chi connectivity index (χ0) is 8.53. The molecule has 0 spiro atoms. The summed E-state index contributed by atoms with van der Waals surface area (Å²) < 4.78 is 0. The number of allylic oxidation sites excluding steroid dienone is 4. The molecule has 0 bridgehead atoms. The molecule has 0 aromatic rings.